The number of carbonyl (C=O) groups excluding carboxylic acids is 4. The number of esters is 4. The zero-order valence-corrected chi connectivity index (χ0v) is 61.5. The first kappa shape index (κ1) is 90.1. The second-order valence-electron chi connectivity index (χ2n) is 26.8. The lowest BCUT2D eigenvalue weighted by Gasteiger charge is -2.21. The molecule has 0 aromatic carbocycles. The normalized spacial score (nSPS) is 14.0. The van der Waals surface area contributed by atoms with Gasteiger partial charge in [0.2, 0.25) is 0 Å². The Morgan fingerprint density at radius 1 is 0.293 bits per heavy atom. The zero-order chi connectivity index (χ0) is 67.7. The van der Waals surface area contributed by atoms with E-state index < -0.39 is 97.5 Å². The molecule has 0 fully saturated rings. The van der Waals surface area contributed by atoms with Crippen molar-refractivity contribution in [3.8, 4) is 0 Å². The predicted molar refractivity (Wildman–Crippen MR) is 372 cm³/mol. The van der Waals surface area contributed by atoms with Gasteiger partial charge in [-0.1, -0.05) is 330 Å². The van der Waals surface area contributed by atoms with E-state index in [1.54, 1.807) is 0 Å². The Morgan fingerprint density at radius 3 is 0.739 bits per heavy atom. The number of carbonyl (C=O) groups is 4. The minimum absolute atomic E-state index is 0.106. The molecule has 5 atom stereocenters. The molecule has 0 bridgehead atoms. The second-order valence-corrected chi connectivity index (χ2v) is 29.7. The number of hydrogen-bond acceptors (Lipinski definition) is 15. The van der Waals surface area contributed by atoms with Crippen molar-refractivity contribution < 1.29 is 80.2 Å². The van der Waals surface area contributed by atoms with Gasteiger partial charge < -0.3 is 33.8 Å². The third-order valence-electron chi connectivity index (χ3n) is 17.0. The quantitative estimate of drug-likeness (QED) is 0.0222. The molecule has 0 aliphatic heterocycles. The third-order valence-corrected chi connectivity index (χ3v) is 18.9. The molecule has 0 aromatic rings. The summed E-state index contributed by atoms with van der Waals surface area (Å²) in [5.74, 6) is -1.35. The summed E-state index contributed by atoms with van der Waals surface area (Å²) in [4.78, 5) is 72.5. The highest BCUT2D eigenvalue weighted by atomic mass is 31.2. The summed E-state index contributed by atoms with van der Waals surface area (Å²) in [5, 5.41) is 10.6. The standard InChI is InChI=1S/C73H142O17P2/c1-6-9-12-15-18-21-22-23-24-25-26-27-28-29-30-31-34-39-44-49-54-59-73(78)90-69(63-84-71(76)57-52-47-42-38-35-32-33-37-40-45-50-55-66(4)5)65-88-92(81,82)86-61-67(74)60-85-91(79,80)87-64-68(62-83-70(75)56-51-46-41-20-17-14-11-8-3)89-72(77)58-53-48-43-36-19-16-13-10-7-2/h66-69,74H,6-65H2,1-5H3,(H,79,80)(H,81,82)/t67-,68+,69+/m0/s1. The first-order chi connectivity index (χ1) is 44.5. The average molecular weight is 1350 g/mol. The van der Waals surface area contributed by atoms with E-state index in [9.17, 15) is 43.2 Å². The van der Waals surface area contributed by atoms with Gasteiger partial charge in [-0.25, -0.2) is 9.13 Å². The molecule has 2 unspecified atom stereocenters. The summed E-state index contributed by atoms with van der Waals surface area (Å²) in [6.45, 7) is 7.22. The van der Waals surface area contributed by atoms with Gasteiger partial charge in [0.1, 0.15) is 19.3 Å². The molecular formula is C73H142O17P2. The van der Waals surface area contributed by atoms with Gasteiger partial charge in [0.15, 0.2) is 12.2 Å². The van der Waals surface area contributed by atoms with Crippen LogP contribution in [0.15, 0.2) is 0 Å². The Bertz CT molecular complexity index is 1770. The largest absolute Gasteiger partial charge is 0.472 e. The number of unbranched alkanes of at least 4 members (excludes halogenated alkanes) is 45. The Morgan fingerprint density at radius 2 is 0.500 bits per heavy atom. The molecule has 0 spiro atoms. The van der Waals surface area contributed by atoms with Gasteiger partial charge in [-0.3, -0.25) is 37.3 Å². The van der Waals surface area contributed by atoms with Crippen LogP contribution in [0.1, 0.15) is 381 Å². The fourth-order valence-electron chi connectivity index (χ4n) is 11.2. The van der Waals surface area contributed by atoms with E-state index in [2.05, 4.69) is 34.6 Å². The molecule has 3 N–H and O–H groups in total. The van der Waals surface area contributed by atoms with Crippen LogP contribution in [0.4, 0.5) is 0 Å². The molecule has 546 valence electrons. The van der Waals surface area contributed by atoms with Crippen LogP contribution in [0, 0.1) is 5.92 Å². The molecule has 92 heavy (non-hydrogen) atoms. The maximum Gasteiger partial charge on any atom is 0.472 e. The molecular weight excluding hydrogens is 1210 g/mol. The highest BCUT2D eigenvalue weighted by Gasteiger charge is 2.30. The Balaban J connectivity index is 5.15. The van der Waals surface area contributed by atoms with Crippen molar-refractivity contribution in [2.75, 3.05) is 39.6 Å². The maximum absolute atomic E-state index is 13.1. The van der Waals surface area contributed by atoms with Crippen molar-refractivity contribution in [1.82, 2.24) is 0 Å². The fourth-order valence-corrected chi connectivity index (χ4v) is 12.8. The lowest BCUT2D eigenvalue weighted by Crippen LogP contribution is -2.30. The molecule has 0 heterocycles. The van der Waals surface area contributed by atoms with Crippen LogP contribution >= 0.6 is 15.6 Å². The molecule has 17 nitrogen and oxygen atoms in total. The lowest BCUT2D eigenvalue weighted by molar-refractivity contribution is -0.161. The van der Waals surface area contributed by atoms with E-state index >= 15 is 0 Å². The van der Waals surface area contributed by atoms with Gasteiger partial charge in [0.25, 0.3) is 0 Å². The van der Waals surface area contributed by atoms with E-state index in [1.165, 1.54) is 199 Å². The lowest BCUT2D eigenvalue weighted by atomic mass is 10.0. The second kappa shape index (κ2) is 66.3. The third kappa shape index (κ3) is 66.7. The van der Waals surface area contributed by atoms with Gasteiger partial charge >= 0.3 is 39.5 Å². The van der Waals surface area contributed by atoms with Crippen LogP contribution < -0.4 is 0 Å². The molecule has 0 saturated carbocycles. The minimum atomic E-state index is -4.95. The summed E-state index contributed by atoms with van der Waals surface area (Å²) in [6, 6.07) is 0. The van der Waals surface area contributed by atoms with E-state index in [0.29, 0.717) is 25.7 Å². The summed E-state index contributed by atoms with van der Waals surface area (Å²) in [5.41, 5.74) is 0. The van der Waals surface area contributed by atoms with E-state index in [1.807, 2.05) is 0 Å². The molecule has 0 saturated heterocycles. The molecule has 0 aliphatic rings. The predicted octanol–water partition coefficient (Wildman–Crippen LogP) is 21.3. The summed E-state index contributed by atoms with van der Waals surface area (Å²) < 4.78 is 68.2. The summed E-state index contributed by atoms with van der Waals surface area (Å²) in [6.07, 6.45) is 54.3. The van der Waals surface area contributed by atoms with Crippen molar-refractivity contribution in [2.45, 2.75) is 400 Å². The van der Waals surface area contributed by atoms with Gasteiger partial charge in [0, 0.05) is 25.7 Å². The molecule has 0 rings (SSSR count). The molecule has 19 heteroatoms. The van der Waals surface area contributed by atoms with Crippen molar-refractivity contribution in [1.29, 1.82) is 0 Å². The molecule has 0 aromatic heterocycles. The average Bonchev–Trinajstić information content (AvgIpc) is 1.64. The Hall–Kier alpha value is -1.94. The van der Waals surface area contributed by atoms with Crippen LogP contribution in [0.25, 0.3) is 0 Å². The van der Waals surface area contributed by atoms with E-state index in [0.717, 1.165) is 102 Å². The topological polar surface area (TPSA) is 237 Å². The van der Waals surface area contributed by atoms with Gasteiger partial charge in [-0.15, -0.1) is 0 Å². The first-order valence-electron chi connectivity index (χ1n) is 38.1. The summed E-state index contributed by atoms with van der Waals surface area (Å²) >= 11 is 0. The summed E-state index contributed by atoms with van der Waals surface area (Å²) in [7, 11) is -9.90. The smallest absolute Gasteiger partial charge is 0.462 e. The number of aliphatic hydroxyl groups is 1. The molecule has 0 amide bonds. The van der Waals surface area contributed by atoms with E-state index in [4.69, 9.17) is 37.0 Å². The number of rotatable bonds is 73. The number of ether oxygens (including phenoxy) is 4. The van der Waals surface area contributed by atoms with Crippen molar-refractivity contribution in [2.24, 2.45) is 5.92 Å². The van der Waals surface area contributed by atoms with Crippen LogP contribution in [0.2, 0.25) is 0 Å². The number of hydrogen-bond donors (Lipinski definition) is 3. The Kier molecular flexibility index (Phi) is 64.9. The van der Waals surface area contributed by atoms with Crippen LogP contribution in [-0.4, -0.2) is 96.7 Å². The number of aliphatic hydroxyl groups excluding tert-OH is 1. The highest BCUT2D eigenvalue weighted by molar-refractivity contribution is 7.47. The Labute approximate surface area is 562 Å². The van der Waals surface area contributed by atoms with Crippen LogP contribution in [-0.2, 0) is 65.4 Å². The SMILES string of the molecule is CCCCCCCCCCCCCCCCCCCCCCCC(=O)O[C@H](COC(=O)CCCCCCCCCCCCCC(C)C)COP(=O)(O)OC[C@@H](O)COP(=O)(O)OC[C@@H](COC(=O)CCCCCCCCCC)OC(=O)CCCCCCCCCCC. The van der Waals surface area contributed by atoms with Crippen molar-refractivity contribution in [3.05, 3.63) is 0 Å². The van der Waals surface area contributed by atoms with E-state index in [-0.39, 0.29) is 25.7 Å². The van der Waals surface area contributed by atoms with Crippen LogP contribution in [0.3, 0.4) is 0 Å². The highest BCUT2D eigenvalue weighted by Crippen LogP contribution is 2.45. The van der Waals surface area contributed by atoms with Gasteiger partial charge in [-0.2, -0.15) is 0 Å². The fraction of sp³-hybridized carbons (Fsp3) is 0.945. The van der Waals surface area contributed by atoms with Gasteiger partial charge in [0.05, 0.1) is 26.4 Å². The van der Waals surface area contributed by atoms with Gasteiger partial charge in [-0.05, 0) is 31.6 Å². The first-order valence-corrected chi connectivity index (χ1v) is 41.1. The van der Waals surface area contributed by atoms with Crippen molar-refractivity contribution >= 4 is 39.5 Å². The zero-order valence-electron chi connectivity index (χ0n) is 59.7. The minimum Gasteiger partial charge on any atom is -0.462 e. The monoisotopic (exact) mass is 1350 g/mol. The maximum atomic E-state index is 13.1. The molecule has 0 aliphatic carbocycles. The molecule has 0 radical (unpaired) electrons. The van der Waals surface area contributed by atoms with Crippen molar-refractivity contribution in [3.63, 3.8) is 0 Å². The number of phosphoric acid groups is 2. The number of phosphoric ester groups is 2. The van der Waals surface area contributed by atoms with Crippen LogP contribution in [0.5, 0.6) is 0 Å².